The Bertz CT molecular complexity index is 1140. The summed E-state index contributed by atoms with van der Waals surface area (Å²) in [5.74, 6) is -0.927. The molecular weight excluding hydrogens is 521 g/mol. The normalized spacial score (nSPS) is 13.1. The molecule has 2 aromatic rings. The molecule has 1 N–H and O–H groups in total. The van der Waals surface area contributed by atoms with E-state index in [1.807, 2.05) is 13.8 Å². The Morgan fingerprint density at radius 3 is 2.24 bits per heavy atom. The quantitative estimate of drug-likeness (QED) is 0.464. The van der Waals surface area contributed by atoms with Crippen molar-refractivity contribution in [2.24, 2.45) is 0 Å². The fraction of sp³-hybridized carbons (Fsp3) is 0.391. The molecule has 0 radical (unpaired) electrons. The van der Waals surface area contributed by atoms with Crippen molar-refractivity contribution in [1.82, 2.24) is 10.2 Å². The summed E-state index contributed by atoms with van der Waals surface area (Å²) in [5.41, 5.74) is 0.806. The van der Waals surface area contributed by atoms with Crippen LogP contribution in [0.25, 0.3) is 0 Å². The number of nitrogens with zero attached hydrogens (tertiary/aromatic N) is 2. The van der Waals surface area contributed by atoms with Gasteiger partial charge in [-0.3, -0.25) is 13.9 Å². The summed E-state index contributed by atoms with van der Waals surface area (Å²) < 4.78 is 26.1. The van der Waals surface area contributed by atoms with Gasteiger partial charge in [0.05, 0.1) is 17.0 Å². The molecule has 2 rings (SSSR count). The van der Waals surface area contributed by atoms with E-state index < -0.39 is 28.5 Å². The van der Waals surface area contributed by atoms with Crippen molar-refractivity contribution in [1.29, 1.82) is 0 Å². The van der Waals surface area contributed by atoms with Crippen LogP contribution in [0.5, 0.6) is 0 Å². The topological polar surface area (TPSA) is 86.8 Å². The molecule has 0 spiro atoms. The van der Waals surface area contributed by atoms with Crippen molar-refractivity contribution in [3.8, 4) is 0 Å². The first-order valence-electron chi connectivity index (χ1n) is 10.6. The highest BCUT2D eigenvalue weighted by Gasteiger charge is 2.31. The van der Waals surface area contributed by atoms with Crippen molar-refractivity contribution in [2.45, 2.75) is 45.8 Å². The van der Waals surface area contributed by atoms with Crippen molar-refractivity contribution in [3.63, 3.8) is 0 Å². The molecule has 34 heavy (non-hydrogen) atoms. The van der Waals surface area contributed by atoms with Gasteiger partial charge in [0.15, 0.2) is 0 Å². The van der Waals surface area contributed by atoms with Crippen LogP contribution in [-0.4, -0.2) is 50.0 Å². The lowest BCUT2D eigenvalue weighted by Crippen LogP contribution is -2.52. The minimum Gasteiger partial charge on any atom is -0.352 e. The maximum atomic E-state index is 13.5. The SMILES string of the molecule is CCC(C)NC(=O)C(C)N(Cc1cccc(Cl)c1)C(=O)CN(c1ccc(Cl)cc1Cl)S(C)(=O)=O. The highest BCUT2D eigenvalue weighted by Crippen LogP contribution is 2.30. The summed E-state index contributed by atoms with van der Waals surface area (Å²) in [6.07, 6.45) is 1.70. The van der Waals surface area contributed by atoms with E-state index in [2.05, 4.69) is 5.32 Å². The molecular formula is C23H28Cl3N3O4S. The lowest BCUT2D eigenvalue weighted by Gasteiger charge is -2.32. The molecule has 2 amide bonds. The fourth-order valence-electron chi connectivity index (χ4n) is 3.16. The van der Waals surface area contributed by atoms with Crippen molar-refractivity contribution in [2.75, 3.05) is 17.1 Å². The third-order valence-electron chi connectivity index (χ3n) is 5.27. The number of sulfonamides is 1. The number of halogens is 3. The second-order valence-electron chi connectivity index (χ2n) is 8.01. The van der Waals surface area contributed by atoms with Gasteiger partial charge in [-0.05, 0) is 56.2 Å². The molecule has 0 aliphatic carbocycles. The Hall–Kier alpha value is -2.00. The highest BCUT2D eigenvalue weighted by molar-refractivity contribution is 7.92. The molecule has 0 aromatic heterocycles. The Morgan fingerprint density at radius 1 is 1.03 bits per heavy atom. The van der Waals surface area contributed by atoms with Crippen LogP contribution < -0.4 is 9.62 Å². The zero-order chi connectivity index (χ0) is 25.6. The predicted molar refractivity (Wildman–Crippen MR) is 138 cm³/mol. The molecule has 0 saturated heterocycles. The second-order valence-corrected chi connectivity index (χ2v) is 11.2. The summed E-state index contributed by atoms with van der Waals surface area (Å²) in [6, 6.07) is 10.2. The van der Waals surface area contributed by atoms with Gasteiger partial charge in [0.2, 0.25) is 21.8 Å². The second kappa shape index (κ2) is 12.1. The molecule has 0 heterocycles. The molecule has 0 aliphatic heterocycles. The van der Waals surface area contributed by atoms with Gasteiger partial charge in [-0.15, -0.1) is 0 Å². The maximum Gasteiger partial charge on any atom is 0.244 e. The van der Waals surface area contributed by atoms with Gasteiger partial charge in [-0.2, -0.15) is 0 Å². The van der Waals surface area contributed by atoms with Gasteiger partial charge >= 0.3 is 0 Å². The van der Waals surface area contributed by atoms with Crippen LogP contribution >= 0.6 is 34.8 Å². The summed E-state index contributed by atoms with van der Waals surface area (Å²) in [5, 5.41) is 3.75. The van der Waals surface area contributed by atoms with Crippen molar-refractivity contribution >= 4 is 62.3 Å². The molecule has 0 aliphatic rings. The van der Waals surface area contributed by atoms with Crippen molar-refractivity contribution in [3.05, 3.63) is 63.1 Å². The molecule has 0 fully saturated rings. The zero-order valence-corrected chi connectivity index (χ0v) is 22.5. The molecule has 2 aromatic carbocycles. The third-order valence-corrected chi connectivity index (χ3v) is 7.17. The van der Waals surface area contributed by atoms with Gasteiger partial charge in [0.25, 0.3) is 0 Å². The van der Waals surface area contributed by atoms with E-state index in [9.17, 15) is 18.0 Å². The number of carbonyl (C=O) groups is 2. The van der Waals surface area contributed by atoms with E-state index in [1.165, 1.54) is 23.1 Å². The maximum absolute atomic E-state index is 13.5. The molecule has 0 saturated carbocycles. The minimum absolute atomic E-state index is 0.0560. The Balaban J connectivity index is 2.42. The standard InChI is InChI=1S/C23H28Cl3N3O4S/c1-5-15(2)27-23(31)16(3)28(13-17-7-6-8-18(24)11-17)22(30)14-29(34(4,32)33)21-10-9-19(25)12-20(21)26/h6-12,15-16H,5,13-14H2,1-4H3,(H,27,31). The van der Waals surface area contributed by atoms with E-state index in [-0.39, 0.29) is 29.2 Å². The number of carbonyl (C=O) groups excluding carboxylic acids is 2. The third kappa shape index (κ3) is 7.77. The van der Waals surface area contributed by atoms with E-state index in [1.54, 1.807) is 31.2 Å². The number of hydrogen-bond acceptors (Lipinski definition) is 4. The van der Waals surface area contributed by atoms with E-state index in [4.69, 9.17) is 34.8 Å². The van der Waals surface area contributed by atoms with Crippen LogP contribution in [0.15, 0.2) is 42.5 Å². The number of nitrogens with one attached hydrogen (secondary N) is 1. The Kier molecular flexibility index (Phi) is 10.1. The Morgan fingerprint density at radius 2 is 1.68 bits per heavy atom. The van der Waals surface area contributed by atoms with Crippen LogP contribution in [0.4, 0.5) is 5.69 Å². The van der Waals surface area contributed by atoms with E-state index >= 15 is 0 Å². The average molecular weight is 549 g/mol. The first kappa shape index (κ1) is 28.2. The number of benzene rings is 2. The molecule has 7 nitrogen and oxygen atoms in total. The van der Waals surface area contributed by atoms with Crippen LogP contribution in [-0.2, 0) is 26.2 Å². The minimum atomic E-state index is -3.89. The van der Waals surface area contributed by atoms with Crippen LogP contribution in [0.1, 0.15) is 32.8 Å². The summed E-state index contributed by atoms with van der Waals surface area (Å²) >= 11 is 18.3. The van der Waals surface area contributed by atoms with E-state index in [0.29, 0.717) is 15.6 Å². The molecule has 11 heteroatoms. The number of rotatable bonds is 10. The van der Waals surface area contributed by atoms with Gasteiger partial charge < -0.3 is 10.2 Å². The van der Waals surface area contributed by atoms with Crippen LogP contribution in [0.2, 0.25) is 15.1 Å². The molecule has 0 bridgehead atoms. The van der Waals surface area contributed by atoms with Gasteiger partial charge in [-0.1, -0.05) is 53.9 Å². The van der Waals surface area contributed by atoms with Gasteiger partial charge in [0.1, 0.15) is 12.6 Å². The van der Waals surface area contributed by atoms with Crippen molar-refractivity contribution < 1.29 is 18.0 Å². The number of hydrogen-bond donors (Lipinski definition) is 1. The summed E-state index contributed by atoms with van der Waals surface area (Å²) in [6.45, 7) is 4.90. The lowest BCUT2D eigenvalue weighted by molar-refractivity contribution is -0.139. The summed E-state index contributed by atoms with van der Waals surface area (Å²) in [4.78, 5) is 27.7. The Labute approximate surface area is 216 Å². The van der Waals surface area contributed by atoms with Gasteiger partial charge in [0, 0.05) is 22.6 Å². The van der Waals surface area contributed by atoms with Gasteiger partial charge in [-0.25, -0.2) is 8.42 Å². The van der Waals surface area contributed by atoms with Crippen LogP contribution in [0.3, 0.4) is 0 Å². The molecule has 2 unspecified atom stereocenters. The fourth-order valence-corrected chi connectivity index (χ4v) is 4.79. The largest absolute Gasteiger partial charge is 0.352 e. The summed E-state index contributed by atoms with van der Waals surface area (Å²) in [7, 11) is -3.89. The first-order valence-corrected chi connectivity index (χ1v) is 13.6. The number of amides is 2. The molecule has 2 atom stereocenters. The highest BCUT2D eigenvalue weighted by atomic mass is 35.5. The number of anilines is 1. The molecule has 186 valence electrons. The van der Waals surface area contributed by atoms with E-state index in [0.717, 1.165) is 17.0 Å². The van der Waals surface area contributed by atoms with Crippen LogP contribution in [0, 0.1) is 0 Å². The average Bonchev–Trinajstić information content (AvgIpc) is 2.74. The zero-order valence-electron chi connectivity index (χ0n) is 19.4. The lowest BCUT2D eigenvalue weighted by atomic mass is 10.1. The monoisotopic (exact) mass is 547 g/mol. The smallest absolute Gasteiger partial charge is 0.244 e. The predicted octanol–water partition coefficient (Wildman–Crippen LogP) is 4.74. The first-order chi connectivity index (χ1) is 15.8.